The Kier molecular flexibility index (Phi) is 8.68. The Labute approximate surface area is 200 Å². The van der Waals surface area contributed by atoms with Crippen LogP contribution in [0.25, 0.3) is 11.1 Å². The van der Waals surface area contributed by atoms with Crippen LogP contribution in [0, 0.1) is 0 Å². The second kappa shape index (κ2) is 11.7. The number of carboxylic acids is 1. The molecule has 0 aromatic heterocycles. The summed E-state index contributed by atoms with van der Waals surface area (Å²) in [4.78, 5) is 11.6. The fourth-order valence-corrected chi connectivity index (χ4v) is 3.84. The molecule has 0 aliphatic heterocycles. The van der Waals surface area contributed by atoms with Crippen LogP contribution in [0.5, 0.6) is 11.5 Å². The molecule has 0 amide bonds. The lowest BCUT2D eigenvalue weighted by Gasteiger charge is -2.21. The van der Waals surface area contributed by atoms with Gasteiger partial charge in [-0.3, -0.25) is 0 Å². The van der Waals surface area contributed by atoms with Gasteiger partial charge in [0, 0.05) is 12.6 Å². The zero-order valence-corrected chi connectivity index (χ0v) is 19.9. The maximum atomic E-state index is 11.6. The summed E-state index contributed by atoms with van der Waals surface area (Å²) >= 11 is 0. The van der Waals surface area contributed by atoms with Crippen molar-refractivity contribution >= 4 is 5.97 Å². The van der Waals surface area contributed by atoms with E-state index in [2.05, 4.69) is 12.2 Å². The molecule has 0 aliphatic carbocycles. The predicted molar refractivity (Wildman–Crippen MR) is 134 cm³/mol. The van der Waals surface area contributed by atoms with Gasteiger partial charge in [-0.2, -0.15) is 0 Å². The molecular weight excluding hydrogens is 430 g/mol. The van der Waals surface area contributed by atoms with E-state index in [9.17, 15) is 20.1 Å². The molecule has 6 nitrogen and oxygen atoms in total. The highest BCUT2D eigenvalue weighted by Crippen LogP contribution is 2.30. The van der Waals surface area contributed by atoms with E-state index in [1.54, 1.807) is 30.3 Å². The highest BCUT2D eigenvalue weighted by Gasteiger charge is 2.17. The molecule has 6 heteroatoms. The number of ether oxygens (including phenoxy) is 1. The Hall–Kier alpha value is -3.35. The minimum absolute atomic E-state index is 0.163. The summed E-state index contributed by atoms with van der Waals surface area (Å²) in [6.07, 6.45) is 0.183. The second-order valence-corrected chi connectivity index (χ2v) is 8.57. The number of benzene rings is 3. The molecular formula is C28H33NO5. The van der Waals surface area contributed by atoms with Crippen LogP contribution in [-0.4, -0.2) is 40.5 Å². The zero-order valence-electron chi connectivity index (χ0n) is 19.9. The molecule has 4 N–H and O–H groups in total. The van der Waals surface area contributed by atoms with Crippen LogP contribution in [0.4, 0.5) is 0 Å². The van der Waals surface area contributed by atoms with Gasteiger partial charge in [0.25, 0.3) is 0 Å². The first kappa shape index (κ1) is 25.3. The number of hydrogen-bond donors (Lipinski definition) is 4. The van der Waals surface area contributed by atoms with Crippen molar-refractivity contribution in [1.29, 1.82) is 0 Å². The summed E-state index contributed by atoms with van der Waals surface area (Å²) in [6.45, 7) is 7.00. The third-order valence-corrected chi connectivity index (χ3v) is 6.16. The number of aliphatic hydroxyl groups is 1. The van der Waals surface area contributed by atoms with Crippen LogP contribution in [0.3, 0.4) is 0 Å². The van der Waals surface area contributed by atoms with Crippen LogP contribution in [-0.2, 0) is 0 Å². The van der Waals surface area contributed by atoms with Gasteiger partial charge in [-0.05, 0) is 71.8 Å². The lowest BCUT2D eigenvalue weighted by Crippen LogP contribution is -2.35. The average molecular weight is 464 g/mol. The van der Waals surface area contributed by atoms with Crippen LogP contribution in [0.1, 0.15) is 60.7 Å². The number of aromatic carboxylic acids is 1. The molecule has 0 saturated carbocycles. The number of aromatic hydroxyl groups is 1. The summed E-state index contributed by atoms with van der Waals surface area (Å²) in [7, 11) is 0. The van der Waals surface area contributed by atoms with Gasteiger partial charge in [-0.15, -0.1) is 0 Å². The first-order valence-electron chi connectivity index (χ1n) is 11.6. The van der Waals surface area contributed by atoms with E-state index in [1.165, 1.54) is 0 Å². The minimum Gasteiger partial charge on any atom is -0.508 e. The summed E-state index contributed by atoms with van der Waals surface area (Å²) in [5.74, 6) is 0.172. The van der Waals surface area contributed by atoms with Crippen molar-refractivity contribution in [2.45, 2.75) is 45.3 Å². The highest BCUT2D eigenvalue weighted by atomic mass is 16.5. The highest BCUT2D eigenvalue weighted by molar-refractivity contribution is 5.90. The molecule has 1 unspecified atom stereocenters. The minimum atomic E-state index is -0.899. The zero-order chi connectivity index (χ0) is 24.7. The Balaban J connectivity index is 1.55. The van der Waals surface area contributed by atoms with Gasteiger partial charge in [0.1, 0.15) is 18.1 Å². The Morgan fingerprint density at radius 2 is 1.62 bits per heavy atom. The smallest absolute Gasteiger partial charge is 0.335 e. The molecule has 0 bridgehead atoms. The molecule has 0 saturated heterocycles. The number of phenolic OH excluding ortho intramolecular Hbond substituents is 1. The van der Waals surface area contributed by atoms with Gasteiger partial charge in [0.05, 0.1) is 11.7 Å². The van der Waals surface area contributed by atoms with E-state index in [0.29, 0.717) is 18.7 Å². The monoisotopic (exact) mass is 463 g/mol. The summed E-state index contributed by atoms with van der Waals surface area (Å²) < 4.78 is 5.82. The second-order valence-electron chi connectivity index (χ2n) is 8.57. The number of carboxylic acid groups (broad SMARTS) is 1. The molecule has 0 heterocycles. The van der Waals surface area contributed by atoms with Crippen LogP contribution in [0.2, 0.25) is 0 Å². The number of aliphatic hydroxyl groups excluding tert-OH is 1. The van der Waals surface area contributed by atoms with Gasteiger partial charge in [0.2, 0.25) is 0 Å². The van der Waals surface area contributed by atoms with E-state index in [1.807, 2.05) is 50.2 Å². The first-order valence-corrected chi connectivity index (χ1v) is 11.6. The summed E-state index contributed by atoms with van der Waals surface area (Å²) in [5.41, 5.74) is 3.92. The molecule has 0 radical (unpaired) electrons. The van der Waals surface area contributed by atoms with Crippen molar-refractivity contribution in [3.63, 3.8) is 0 Å². The Morgan fingerprint density at radius 1 is 0.971 bits per heavy atom. The van der Waals surface area contributed by atoms with Crippen molar-refractivity contribution in [3.05, 3.63) is 83.4 Å². The SMILES string of the molecule is CCC(C)c1cc(-c2ccc(OCCN[C@H](C)[C@H](O)c3ccc(O)cc3)cc2)ccc1C(=O)O. The van der Waals surface area contributed by atoms with Gasteiger partial charge in [-0.25, -0.2) is 4.79 Å². The van der Waals surface area contributed by atoms with Crippen LogP contribution < -0.4 is 10.1 Å². The van der Waals surface area contributed by atoms with E-state index in [-0.39, 0.29) is 17.7 Å². The molecule has 0 fully saturated rings. The van der Waals surface area contributed by atoms with Gasteiger partial charge >= 0.3 is 5.97 Å². The van der Waals surface area contributed by atoms with Gasteiger partial charge in [-0.1, -0.05) is 50.2 Å². The van der Waals surface area contributed by atoms with E-state index in [4.69, 9.17) is 4.74 Å². The van der Waals surface area contributed by atoms with Crippen molar-refractivity contribution in [2.75, 3.05) is 13.2 Å². The molecule has 0 spiro atoms. The maximum Gasteiger partial charge on any atom is 0.335 e. The average Bonchev–Trinajstić information content (AvgIpc) is 2.86. The summed E-state index contributed by atoms with van der Waals surface area (Å²) in [5, 5.41) is 32.6. The van der Waals surface area contributed by atoms with E-state index < -0.39 is 12.1 Å². The number of hydrogen-bond acceptors (Lipinski definition) is 5. The fraction of sp³-hybridized carbons (Fsp3) is 0.321. The Morgan fingerprint density at radius 3 is 2.24 bits per heavy atom. The fourth-order valence-electron chi connectivity index (χ4n) is 3.84. The number of nitrogens with one attached hydrogen (secondary N) is 1. The van der Waals surface area contributed by atoms with Crippen LogP contribution >= 0.6 is 0 Å². The van der Waals surface area contributed by atoms with Crippen LogP contribution in [0.15, 0.2) is 66.7 Å². The van der Waals surface area contributed by atoms with Gasteiger partial charge in [0.15, 0.2) is 0 Å². The van der Waals surface area contributed by atoms with E-state index >= 15 is 0 Å². The number of phenols is 1. The topological polar surface area (TPSA) is 99.0 Å². The molecule has 3 atom stereocenters. The molecule has 34 heavy (non-hydrogen) atoms. The lowest BCUT2D eigenvalue weighted by atomic mass is 9.90. The number of rotatable bonds is 11. The summed E-state index contributed by atoms with van der Waals surface area (Å²) in [6, 6.07) is 19.6. The quantitative estimate of drug-likeness (QED) is 0.286. The van der Waals surface area contributed by atoms with Gasteiger partial charge < -0.3 is 25.4 Å². The standard InChI is InChI=1S/C28H33NO5/c1-4-18(2)26-17-22(9-14-25(26)28(32)33)20-7-12-24(13-8-20)34-16-15-29-19(3)27(31)21-5-10-23(30)11-6-21/h5-14,17-19,27,29-31H,4,15-16H2,1-3H3,(H,32,33)/t18?,19-,27+/m1/s1. The molecule has 0 aliphatic rings. The molecule has 3 rings (SSSR count). The first-order chi connectivity index (χ1) is 16.3. The van der Waals surface area contributed by atoms with Crippen molar-refractivity contribution in [1.82, 2.24) is 5.32 Å². The largest absolute Gasteiger partial charge is 0.508 e. The Bertz CT molecular complexity index is 1080. The third-order valence-electron chi connectivity index (χ3n) is 6.16. The van der Waals surface area contributed by atoms with E-state index in [0.717, 1.165) is 34.4 Å². The molecule has 3 aromatic rings. The van der Waals surface area contributed by atoms with Crippen molar-refractivity contribution in [3.8, 4) is 22.6 Å². The normalized spacial score (nSPS) is 13.8. The van der Waals surface area contributed by atoms with Crippen molar-refractivity contribution < 1.29 is 24.9 Å². The molecule has 3 aromatic carbocycles. The maximum absolute atomic E-state index is 11.6. The third kappa shape index (κ3) is 6.37. The molecule has 180 valence electrons. The van der Waals surface area contributed by atoms with Crippen molar-refractivity contribution in [2.24, 2.45) is 0 Å². The lowest BCUT2D eigenvalue weighted by molar-refractivity contribution is 0.0695. The predicted octanol–water partition coefficient (Wildman–Crippen LogP) is 5.36. The number of carbonyl (C=O) groups is 1.